The summed E-state index contributed by atoms with van der Waals surface area (Å²) in [6.45, 7) is 5.72. The Kier molecular flexibility index (Phi) is 3.80. The highest BCUT2D eigenvalue weighted by Crippen LogP contribution is 2.09. The van der Waals surface area contributed by atoms with Crippen LogP contribution in [-0.4, -0.2) is 21.2 Å². The number of ether oxygens (including phenoxy) is 1. The van der Waals surface area contributed by atoms with Gasteiger partial charge in [-0.3, -0.25) is 0 Å². The Hall–Kier alpha value is -1.23. The number of hydrogen-bond donors (Lipinski definition) is 1. The van der Waals surface area contributed by atoms with E-state index in [9.17, 15) is 4.79 Å². The molecule has 0 bridgehead atoms. The van der Waals surface area contributed by atoms with Gasteiger partial charge in [-0.25, -0.2) is 9.78 Å². The lowest BCUT2D eigenvalue weighted by Gasteiger charge is -2.19. The third kappa shape index (κ3) is 3.73. The fourth-order valence-corrected chi connectivity index (χ4v) is 1.20. The van der Waals surface area contributed by atoms with Crippen LogP contribution in [0.2, 0.25) is 5.15 Å². The van der Waals surface area contributed by atoms with Gasteiger partial charge in [-0.2, -0.15) is 0 Å². The molecule has 0 radical (unpaired) electrons. The van der Waals surface area contributed by atoms with E-state index in [1.807, 2.05) is 20.8 Å². The maximum Gasteiger partial charge on any atom is 0.408 e. The minimum atomic E-state index is -0.497. The van der Waals surface area contributed by atoms with Crippen LogP contribution in [0.3, 0.4) is 0 Å². The predicted molar refractivity (Wildman–Crippen MR) is 61.3 cm³/mol. The van der Waals surface area contributed by atoms with Crippen LogP contribution in [0.5, 0.6) is 0 Å². The van der Waals surface area contributed by atoms with Crippen molar-refractivity contribution in [1.82, 2.24) is 14.9 Å². The van der Waals surface area contributed by atoms with Crippen molar-refractivity contribution in [3.63, 3.8) is 0 Å². The average molecular weight is 246 g/mol. The Morgan fingerprint density at radius 1 is 1.62 bits per heavy atom. The molecule has 1 amide bonds. The van der Waals surface area contributed by atoms with Gasteiger partial charge in [0.2, 0.25) is 0 Å². The van der Waals surface area contributed by atoms with E-state index in [2.05, 4.69) is 10.3 Å². The first-order valence-electron chi connectivity index (χ1n) is 4.92. The molecule has 0 saturated heterocycles. The smallest absolute Gasteiger partial charge is 0.408 e. The number of nitrogens with one attached hydrogen (secondary N) is 1. The highest BCUT2D eigenvalue weighted by atomic mass is 35.5. The average Bonchev–Trinajstić information content (AvgIpc) is 2.42. The van der Waals surface area contributed by atoms with Crippen molar-refractivity contribution < 1.29 is 9.53 Å². The highest BCUT2D eigenvalue weighted by Gasteiger charge is 2.16. The van der Waals surface area contributed by atoms with Gasteiger partial charge in [0.25, 0.3) is 0 Å². The number of halogens is 1. The molecule has 1 N–H and O–H groups in total. The van der Waals surface area contributed by atoms with E-state index in [-0.39, 0.29) is 6.54 Å². The molecule has 0 saturated carbocycles. The van der Waals surface area contributed by atoms with Crippen LogP contribution >= 0.6 is 11.6 Å². The lowest BCUT2D eigenvalue weighted by Crippen LogP contribution is -2.32. The molecule has 0 atom stereocenters. The number of amides is 1. The number of carbonyl (C=O) groups excluding carboxylic acids is 1. The maximum absolute atomic E-state index is 11.3. The summed E-state index contributed by atoms with van der Waals surface area (Å²) < 4.78 is 6.78. The van der Waals surface area contributed by atoms with Crippen molar-refractivity contribution in [3.05, 3.63) is 17.2 Å². The molecular formula is C10H16ClN3O2. The van der Waals surface area contributed by atoms with Crippen molar-refractivity contribution in [3.8, 4) is 0 Å². The lowest BCUT2D eigenvalue weighted by atomic mass is 10.2. The number of alkyl carbamates (subject to hydrolysis) is 1. The number of aromatic nitrogens is 2. The van der Waals surface area contributed by atoms with Gasteiger partial charge in [-0.05, 0) is 20.8 Å². The number of hydrogen-bond acceptors (Lipinski definition) is 3. The first kappa shape index (κ1) is 12.8. The quantitative estimate of drug-likeness (QED) is 0.868. The molecule has 90 valence electrons. The Labute approximate surface area is 99.8 Å². The second-order valence-corrected chi connectivity index (χ2v) is 4.80. The zero-order valence-corrected chi connectivity index (χ0v) is 10.6. The van der Waals surface area contributed by atoms with Crippen LogP contribution in [0, 0.1) is 0 Å². The summed E-state index contributed by atoms with van der Waals surface area (Å²) in [6.07, 6.45) is 1.07. The fraction of sp³-hybridized carbons (Fsp3) is 0.600. The second-order valence-electron chi connectivity index (χ2n) is 4.41. The summed E-state index contributed by atoms with van der Waals surface area (Å²) >= 11 is 5.81. The standard InChI is InChI=1S/C10H16ClN3O2/c1-10(2,3)16-9(15)13-6-8-12-5-7(11)14(8)4/h5H,6H2,1-4H3,(H,13,15). The van der Waals surface area contributed by atoms with E-state index < -0.39 is 11.7 Å². The summed E-state index contributed by atoms with van der Waals surface area (Å²) in [6, 6.07) is 0. The maximum atomic E-state index is 11.3. The Bertz CT molecular complexity index is 382. The second kappa shape index (κ2) is 4.74. The molecule has 1 aromatic heterocycles. The van der Waals surface area contributed by atoms with Crippen molar-refractivity contribution in [2.24, 2.45) is 7.05 Å². The third-order valence-corrected chi connectivity index (χ3v) is 2.17. The topological polar surface area (TPSA) is 56.2 Å². The SMILES string of the molecule is Cn1c(Cl)cnc1CNC(=O)OC(C)(C)C. The number of nitrogens with zero attached hydrogens (tertiary/aromatic N) is 2. The molecule has 16 heavy (non-hydrogen) atoms. The lowest BCUT2D eigenvalue weighted by molar-refractivity contribution is 0.0522. The first-order chi connectivity index (χ1) is 7.29. The molecule has 0 aliphatic heterocycles. The minimum Gasteiger partial charge on any atom is -0.444 e. The molecule has 1 heterocycles. The monoisotopic (exact) mass is 245 g/mol. The van der Waals surface area contributed by atoms with E-state index in [0.29, 0.717) is 11.0 Å². The van der Waals surface area contributed by atoms with E-state index in [1.165, 1.54) is 6.20 Å². The van der Waals surface area contributed by atoms with Gasteiger partial charge in [-0.1, -0.05) is 11.6 Å². The molecule has 0 aromatic carbocycles. The normalized spacial score (nSPS) is 11.3. The summed E-state index contributed by atoms with van der Waals surface area (Å²) in [5, 5.41) is 3.14. The van der Waals surface area contributed by atoms with Gasteiger partial charge >= 0.3 is 6.09 Å². The van der Waals surface area contributed by atoms with E-state index in [4.69, 9.17) is 16.3 Å². The zero-order chi connectivity index (χ0) is 12.3. The molecule has 1 aromatic rings. The summed E-state index contributed by atoms with van der Waals surface area (Å²) in [4.78, 5) is 15.4. The minimum absolute atomic E-state index is 0.290. The Balaban J connectivity index is 2.47. The van der Waals surface area contributed by atoms with E-state index >= 15 is 0 Å². The van der Waals surface area contributed by atoms with Crippen molar-refractivity contribution in [1.29, 1.82) is 0 Å². The zero-order valence-electron chi connectivity index (χ0n) is 9.87. The largest absolute Gasteiger partial charge is 0.444 e. The van der Waals surface area contributed by atoms with Gasteiger partial charge in [0.15, 0.2) is 0 Å². The third-order valence-electron chi connectivity index (χ3n) is 1.82. The molecule has 5 nitrogen and oxygen atoms in total. The van der Waals surface area contributed by atoms with E-state index in [1.54, 1.807) is 11.6 Å². The van der Waals surface area contributed by atoms with Gasteiger partial charge in [0, 0.05) is 7.05 Å². The van der Waals surface area contributed by atoms with Crippen molar-refractivity contribution in [2.45, 2.75) is 32.9 Å². The van der Waals surface area contributed by atoms with Crippen LogP contribution < -0.4 is 5.32 Å². The predicted octanol–water partition coefficient (Wildman–Crippen LogP) is 2.10. The summed E-state index contributed by atoms with van der Waals surface area (Å²) in [5.74, 6) is 0.677. The molecule has 0 spiro atoms. The Morgan fingerprint density at radius 2 is 2.25 bits per heavy atom. The van der Waals surface area contributed by atoms with Crippen molar-refractivity contribution >= 4 is 17.7 Å². The van der Waals surface area contributed by atoms with Crippen LogP contribution in [0.1, 0.15) is 26.6 Å². The number of rotatable bonds is 2. The molecule has 6 heteroatoms. The first-order valence-corrected chi connectivity index (χ1v) is 5.30. The van der Waals surface area contributed by atoms with Crippen LogP contribution in [0.15, 0.2) is 6.20 Å². The van der Waals surface area contributed by atoms with Gasteiger partial charge < -0.3 is 14.6 Å². The molecular weight excluding hydrogens is 230 g/mol. The molecule has 0 aliphatic carbocycles. The summed E-state index contributed by atoms with van der Waals surface area (Å²) in [7, 11) is 1.78. The number of carbonyl (C=O) groups is 1. The van der Waals surface area contributed by atoms with Gasteiger partial charge in [-0.15, -0.1) is 0 Å². The molecule has 1 rings (SSSR count). The number of imidazole rings is 1. The van der Waals surface area contributed by atoms with Crippen LogP contribution in [0.25, 0.3) is 0 Å². The van der Waals surface area contributed by atoms with Gasteiger partial charge in [0.05, 0.1) is 12.7 Å². The van der Waals surface area contributed by atoms with E-state index in [0.717, 1.165) is 0 Å². The fourth-order valence-electron chi connectivity index (χ4n) is 1.05. The Morgan fingerprint density at radius 3 is 2.69 bits per heavy atom. The van der Waals surface area contributed by atoms with Gasteiger partial charge in [0.1, 0.15) is 16.6 Å². The summed E-state index contributed by atoms with van der Waals surface area (Å²) in [5.41, 5.74) is -0.497. The molecule has 0 aliphatic rings. The van der Waals surface area contributed by atoms with Crippen molar-refractivity contribution in [2.75, 3.05) is 0 Å². The van der Waals surface area contributed by atoms with Crippen LogP contribution in [-0.2, 0) is 18.3 Å². The van der Waals surface area contributed by atoms with Crippen LogP contribution in [0.4, 0.5) is 4.79 Å². The molecule has 0 fully saturated rings. The highest BCUT2D eigenvalue weighted by molar-refractivity contribution is 6.29. The molecule has 0 unspecified atom stereocenters.